The first-order valence-electron chi connectivity index (χ1n) is 7.26. The zero-order chi connectivity index (χ0) is 12.3. The monoisotopic (exact) mass is 239 g/mol. The van der Waals surface area contributed by atoms with Gasteiger partial charge in [0.15, 0.2) is 0 Å². The van der Waals surface area contributed by atoms with Crippen molar-refractivity contribution >= 4 is 0 Å². The Balaban J connectivity index is 1.78. The van der Waals surface area contributed by atoms with E-state index in [1.165, 1.54) is 58.5 Å². The average molecular weight is 239 g/mol. The van der Waals surface area contributed by atoms with Crippen molar-refractivity contribution in [3.63, 3.8) is 0 Å². The molecule has 17 heavy (non-hydrogen) atoms. The van der Waals surface area contributed by atoms with E-state index in [4.69, 9.17) is 0 Å². The number of hydrogen-bond donors (Lipinski definition) is 1. The summed E-state index contributed by atoms with van der Waals surface area (Å²) in [5.41, 5.74) is 0.504. The van der Waals surface area contributed by atoms with E-state index in [0.29, 0.717) is 5.41 Å². The molecule has 1 N–H and O–H groups in total. The molecule has 0 aromatic rings. The number of nitrogens with zero attached hydrogens (tertiary/aromatic N) is 2. The minimum Gasteiger partial charge on any atom is -0.316 e. The van der Waals surface area contributed by atoms with Crippen LogP contribution in [0.15, 0.2) is 0 Å². The van der Waals surface area contributed by atoms with Crippen molar-refractivity contribution in [3.05, 3.63) is 0 Å². The quantitative estimate of drug-likeness (QED) is 0.782. The molecule has 2 fully saturated rings. The van der Waals surface area contributed by atoms with Gasteiger partial charge in [-0.3, -0.25) is 4.90 Å². The topological polar surface area (TPSA) is 18.5 Å². The SMILES string of the molecule is CCN1CCCC1CN(C)CC1(C)CCNC1. The summed E-state index contributed by atoms with van der Waals surface area (Å²) in [6, 6.07) is 0.808. The van der Waals surface area contributed by atoms with Crippen LogP contribution in [-0.2, 0) is 0 Å². The van der Waals surface area contributed by atoms with Crippen LogP contribution in [0.5, 0.6) is 0 Å². The number of hydrogen-bond acceptors (Lipinski definition) is 3. The Labute approximate surface area is 107 Å². The van der Waals surface area contributed by atoms with Crippen LogP contribution in [0.1, 0.15) is 33.1 Å². The van der Waals surface area contributed by atoms with E-state index >= 15 is 0 Å². The maximum Gasteiger partial charge on any atom is 0.0223 e. The lowest BCUT2D eigenvalue weighted by Crippen LogP contribution is -2.43. The molecule has 2 aliphatic rings. The zero-order valence-electron chi connectivity index (χ0n) is 11.8. The summed E-state index contributed by atoms with van der Waals surface area (Å²) >= 11 is 0. The number of rotatable bonds is 5. The molecule has 0 amide bonds. The fourth-order valence-electron chi connectivity index (χ4n) is 3.60. The molecule has 0 bridgehead atoms. The molecule has 2 unspecified atom stereocenters. The van der Waals surface area contributed by atoms with E-state index in [9.17, 15) is 0 Å². The highest BCUT2D eigenvalue weighted by Gasteiger charge is 2.31. The highest BCUT2D eigenvalue weighted by Crippen LogP contribution is 2.26. The molecule has 0 spiro atoms. The van der Waals surface area contributed by atoms with Crippen LogP contribution in [0, 0.1) is 5.41 Å². The van der Waals surface area contributed by atoms with Gasteiger partial charge in [0.1, 0.15) is 0 Å². The second-order valence-electron chi connectivity index (χ2n) is 6.36. The molecule has 2 heterocycles. The fourth-order valence-corrected chi connectivity index (χ4v) is 3.60. The standard InChI is InChI=1S/C14H29N3/c1-4-17-9-5-6-13(17)10-16(3)12-14(2)7-8-15-11-14/h13,15H,4-12H2,1-3H3. The third-order valence-electron chi connectivity index (χ3n) is 4.54. The number of nitrogens with one attached hydrogen (secondary N) is 1. The van der Waals surface area contributed by atoms with Crippen molar-refractivity contribution in [2.75, 3.05) is 46.3 Å². The molecule has 0 aliphatic carbocycles. The van der Waals surface area contributed by atoms with E-state index in [1.54, 1.807) is 0 Å². The highest BCUT2D eigenvalue weighted by atomic mass is 15.2. The molecule has 3 nitrogen and oxygen atoms in total. The summed E-state index contributed by atoms with van der Waals surface area (Å²) in [5, 5.41) is 3.49. The van der Waals surface area contributed by atoms with Crippen molar-refractivity contribution < 1.29 is 0 Å². The van der Waals surface area contributed by atoms with Gasteiger partial charge in [-0.25, -0.2) is 0 Å². The Morgan fingerprint density at radius 2 is 2.29 bits per heavy atom. The van der Waals surface area contributed by atoms with Crippen molar-refractivity contribution in [2.24, 2.45) is 5.41 Å². The summed E-state index contributed by atoms with van der Waals surface area (Å²) in [4.78, 5) is 5.21. The van der Waals surface area contributed by atoms with Crippen LogP contribution >= 0.6 is 0 Å². The predicted octanol–water partition coefficient (Wildman–Crippen LogP) is 1.40. The second kappa shape index (κ2) is 5.68. The smallest absolute Gasteiger partial charge is 0.0223 e. The van der Waals surface area contributed by atoms with E-state index < -0.39 is 0 Å². The Kier molecular flexibility index (Phi) is 4.45. The van der Waals surface area contributed by atoms with Crippen LogP contribution in [0.3, 0.4) is 0 Å². The summed E-state index contributed by atoms with van der Waals surface area (Å²) in [6.07, 6.45) is 4.12. The van der Waals surface area contributed by atoms with Gasteiger partial charge in [-0.15, -0.1) is 0 Å². The Bertz CT molecular complexity index is 236. The Morgan fingerprint density at radius 3 is 2.94 bits per heavy atom. The molecule has 2 rings (SSSR count). The summed E-state index contributed by atoms with van der Waals surface area (Å²) < 4.78 is 0. The largest absolute Gasteiger partial charge is 0.316 e. The first-order valence-corrected chi connectivity index (χ1v) is 7.26. The van der Waals surface area contributed by atoms with Crippen LogP contribution in [-0.4, -0.2) is 62.2 Å². The molecule has 0 saturated carbocycles. The molecular formula is C14H29N3. The first-order chi connectivity index (χ1) is 8.13. The van der Waals surface area contributed by atoms with E-state index in [-0.39, 0.29) is 0 Å². The van der Waals surface area contributed by atoms with Crippen molar-refractivity contribution in [1.29, 1.82) is 0 Å². The molecule has 0 aromatic heterocycles. The lowest BCUT2D eigenvalue weighted by molar-refractivity contribution is 0.156. The molecule has 0 aromatic carbocycles. The van der Waals surface area contributed by atoms with Crippen LogP contribution < -0.4 is 5.32 Å². The molecule has 0 radical (unpaired) electrons. The minimum atomic E-state index is 0.504. The molecule has 3 heteroatoms. The van der Waals surface area contributed by atoms with Gasteiger partial charge in [-0.1, -0.05) is 13.8 Å². The van der Waals surface area contributed by atoms with Gasteiger partial charge < -0.3 is 10.2 Å². The first kappa shape index (κ1) is 13.3. The maximum absolute atomic E-state index is 3.49. The Morgan fingerprint density at radius 1 is 1.47 bits per heavy atom. The minimum absolute atomic E-state index is 0.504. The van der Waals surface area contributed by atoms with Crippen LogP contribution in [0.2, 0.25) is 0 Å². The van der Waals surface area contributed by atoms with Gasteiger partial charge in [0.2, 0.25) is 0 Å². The van der Waals surface area contributed by atoms with Crippen molar-refractivity contribution in [3.8, 4) is 0 Å². The maximum atomic E-state index is 3.49. The summed E-state index contributed by atoms with van der Waals surface area (Å²) in [7, 11) is 2.30. The Hall–Kier alpha value is -0.120. The van der Waals surface area contributed by atoms with Crippen LogP contribution in [0.4, 0.5) is 0 Å². The zero-order valence-corrected chi connectivity index (χ0v) is 11.8. The van der Waals surface area contributed by atoms with E-state index in [1.807, 2.05) is 0 Å². The second-order valence-corrected chi connectivity index (χ2v) is 6.36. The van der Waals surface area contributed by atoms with Gasteiger partial charge in [-0.05, 0) is 51.4 Å². The van der Waals surface area contributed by atoms with Gasteiger partial charge >= 0.3 is 0 Å². The molecule has 2 atom stereocenters. The van der Waals surface area contributed by atoms with E-state index in [2.05, 4.69) is 36.0 Å². The fraction of sp³-hybridized carbons (Fsp3) is 1.00. The van der Waals surface area contributed by atoms with Gasteiger partial charge in [0.25, 0.3) is 0 Å². The normalized spacial score (nSPS) is 34.9. The summed E-state index contributed by atoms with van der Waals surface area (Å²) in [5.74, 6) is 0. The average Bonchev–Trinajstić information content (AvgIpc) is 2.87. The van der Waals surface area contributed by atoms with Gasteiger partial charge in [0, 0.05) is 25.7 Å². The third kappa shape index (κ3) is 3.43. The predicted molar refractivity (Wildman–Crippen MR) is 73.4 cm³/mol. The highest BCUT2D eigenvalue weighted by molar-refractivity contribution is 4.88. The lowest BCUT2D eigenvalue weighted by Gasteiger charge is -2.33. The molecule has 2 aliphatic heterocycles. The van der Waals surface area contributed by atoms with Gasteiger partial charge in [-0.2, -0.15) is 0 Å². The summed E-state index contributed by atoms with van der Waals surface area (Å²) in [6.45, 7) is 12.1. The number of likely N-dealkylation sites (N-methyl/N-ethyl adjacent to an activating group) is 2. The van der Waals surface area contributed by atoms with Crippen molar-refractivity contribution in [2.45, 2.75) is 39.2 Å². The van der Waals surface area contributed by atoms with E-state index in [0.717, 1.165) is 6.04 Å². The number of likely N-dealkylation sites (tertiary alicyclic amines) is 1. The van der Waals surface area contributed by atoms with Crippen LogP contribution in [0.25, 0.3) is 0 Å². The molecular weight excluding hydrogens is 210 g/mol. The molecule has 2 saturated heterocycles. The molecule has 100 valence electrons. The third-order valence-corrected chi connectivity index (χ3v) is 4.54. The van der Waals surface area contributed by atoms with Gasteiger partial charge in [0.05, 0.1) is 0 Å². The lowest BCUT2D eigenvalue weighted by atomic mass is 9.89. The van der Waals surface area contributed by atoms with Crippen molar-refractivity contribution in [1.82, 2.24) is 15.1 Å².